The zero-order valence-corrected chi connectivity index (χ0v) is 13.5. The highest BCUT2D eigenvalue weighted by molar-refractivity contribution is 5.83. The third-order valence-electron chi connectivity index (χ3n) is 4.36. The van der Waals surface area contributed by atoms with Gasteiger partial charge in [-0.25, -0.2) is 0 Å². The van der Waals surface area contributed by atoms with Gasteiger partial charge in [-0.2, -0.15) is 0 Å². The standard InChI is InChI=1S/C19H22N2O2/c1-13(16-9-5-6-10-18(16)23-2)21-19(22)17-11-14-7-3-4-8-15(14)12-20-17/h3-10,13,17,20H,11-12H2,1-2H3,(H,21,22)/t13-,17?/m1/s1. The summed E-state index contributed by atoms with van der Waals surface area (Å²) in [6.45, 7) is 2.71. The monoisotopic (exact) mass is 310 g/mol. The van der Waals surface area contributed by atoms with Crippen molar-refractivity contribution in [2.45, 2.75) is 32.0 Å². The maximum absolute atomic E-state index is 12.6. The Hall–Kier alpha value is -2.33. The molecule has 4 nitrogen and oxygen atoms in total. The summed E-state index contributed by atoms with van der Waals surface area (Å²) in [4.78, 5) is 12.6. The number of methoxy groups -OCH3 is 1. The molecular weight excluding hydrogens is 288 g/mol. The topological polar surface area (TPSA) is 50.4 Å². The number of amides is 1. The molecule has 0 bridgehead atoms. The summed E-state index contributed by atoms with van der Waals surface area (Å²) in [6, 6.07) is 15.7. The molecule has 0 saturated heterocycles. The van der Waals surface area contributed by atoms with Crippen LogP contribution >= 0.6 is 0 Å². The van der Waals surface area contributed by atoms with Crippen LogP contribution in [0.3, 0.4) is 0 Å². The van der Waals surface area contributed by atoms with Gasteiger partial charge in [-0.3, -0.25) is 4.79 Å². The second kappa shape index (κ2) is 6.84. The number of ether oxygens (including phenoxy) is 1. The molecule has 23 heavy (non-hydrogen) atoms. The first-order valence-electron chi connectivity index (χ1n) is 7.92. The van der Waals surface area contributed by atoms with Crippen LogP contribution in [0, 0.1) is 0 Å². The number of rotatable bonds is 4. The van der Waals surface area contributed by atoms with Crippen molar-refractivity contribution in [3.8, 4) is 5.75 Å². The van der Waals surface area contributed by atoms with Crippen LogP contribution in [0.4, 0.5) is 0 Å². The van der Waals surface area contributed by atoms with Gasteiger partial charge in [-0.05, 0) is 30.5 Å². The first-order chi connectivity index (χ1) is 11.2. The molecule has 0 aromatic heterocycles. The maximum atomic E-state index is 12.6. The highest BCUT2D eigenvalue weighted by Gasteiger charge is 2.25. The summed E-state index contributed by atoms with van der Waals surface area (Å²) >= 11 is 0. The summed E-state index contributed by atoms with van der Waals surface area (Å²) in [5.41, 5.74) is 3.50. The van der Waals surface area contributed by atoms with E-state index in [2.05, 4.69) is 22.8 Å². The van der Waals surface area contributed by atoms with Gasteiger partial charge in [0.05, 0.1) is 19.2 Å². The Bertz CT molecular complexity index is 699. The third kappa shape index (κ3) is 3.37. The Balaban J connectivity index is 1.68. The van der Waals surface area contributed by atoms with Crippen molar-refractivity contribution >= 4 is 5.91 Å². The molecule has 3 rings (SSSR count). The molecule has 2 atom stereocenters. The van der Waals surface area contributed by atoms with Crippen molar-refractivity contribution in [3.63, 3.8) is 0 Å². The highest BCUT2D eigenvalue weighted by Crippen LogP contribution is 2.24. The van der Waals surface area contributed by atoms with Gasteiger partial charge in [0.25, 0.3) is 0 Å². The number of carbonyl (C=O) groups excluding carboxylic acids is 1. The fourth-order valence-corrected chi connectivity index (χ4v) is 3.06. The van der Waals surface area contributed by atoms with Crippen molar-refractivity contribution in [2.75, 3.05) is 7.11 Å². The summed E-state index contributed by atoms with van der Waals surface area (Å²) < 4.78 is 5.37. The van der Waals surface area contributed by atoms with Crippen LogP contribution in [0.5, 0.6) is 5.75 Å². The average molecular weight is 310 g/mol. The van der Waals surface area contributed by atoms with Crippen LogP contribution in [0.15, 0.2) is 48.5 Å². The molecule has 0 fully saturated rings. The lowest BCUT2D eigenvalue weighted by atomic mass is 9.95. The Morgan fingerprint density at radius 3 is 2.65 bits per heavy atom. The smallest absolute Gasteiger partial charge is 0.237 e. The van der Waals surface area contributed by atoms with Crippen molar-refractivity contribution in [1.29, 1.82) is 0 Å². The first kappa shape index (κ1) is 15.6. The number of nitrogens with one attached hydrogen (secondary N) is 2. The highest BCUT2D eigenvalue weighted by atomic mass is 16.5. The minimum atomic E-state index is -0.193. The number of fused-ring (bicyclic) bond motifs is 1. The summed E-state index contributed by atoms with van der Waals surface area (Å²) in [5.74, 6) is 0.820. The van der Waals surface area contributed by atoms with E-state index >= 15 is 0 Å². The number of hydrogen-bond donors (Lipinski definition) is 2. The van der Waals surface area contributed by atoms with Crippen LogP contribution < -0.4 is 15.4 Å². The van der Waals surface area contributed by atoms with Crippen LogP contribution in [0.2, 0.25) is 0 Å². The molecule has 4 heteroatoms. The van der Waals surface area contributed by atoms with E-state index in [4.69, 9.17) is 4.74 Å². The molecule has 0 saturated carbocycles. The van der Waals surface area contributed by atoms with E-state index in [0.29, 0.717) is 0 Å². The minimum absolute atomic E-state index is 0.0258. The van der Waals surface area contributed by atoms with Crippen molar-refractivity contribution < 1.29 is 9.53 Å². The van der Waals surface area contributed by atoms with Crippen molar-refractivity contribution in [1.82, 2.24) is 10.6 Å². The van der Waals surface area contributed by atoms with Crippen LogP contribution in [-0.2, 0) is 17.8 Å². The average Bonchev–Trinajstić information content (AvgIpc) is 2.61. The summed E-state index contributed by atoms with van der Waals surface area (Å²) in [5, 5.41) is 6.41. The number of para-hydroxylation sites is 1. The second-order valence-corrected chi connectivity index (χ2v) is 5.88. The molecule has 0 aliphatic carbocycles. The van der Waals surface area contributed by atoms with Gasteiger partial charge in [0.1, 0.15) is 5.75 Å². The van der Waals surface area contributed by atoms with E-state index in [1.165, 1.54) is 11.1 Å². The zero-order valence-electron chi connectivity index (χ0n) is 13.5. The van der Waals surface area contributed by atoms with Gasteiger partial charge in [-0.15, -0.1) is 0 Å². The predicted molar refractivity (Wildman–Crippen MR) is 90.3 cm³/mol. The lowest BCUT2D eigenvalue weighted by molar-refractivity contribution is -0.124. The maximum Gasteiger partial charge on any atom is 0.237 e. The Labute approximate surface area is 136 Å². The molecule has 120 valence electrons. The van der Waals surface area contributed by atoms with Crippen LogP contribution in [0.25, 0.3) is 0 Å². The van der Waals surface area contributed by atoms with E-state index < -0.39 is 0 Å². The molecule has 2 aromatic rings. The normalized spacial score (nSPS) is 17.9. The lowest BCUT2D eigenvalue weighted by Crippen LogP contribution is -2.48. The Kier molecular flexibility index (Phi) is 4.63. The Morgan fingerprint density at radius 2 is 1.87 bits per heavy atom. The van der Waals surface area contributed by atoms with E-state index in [1.807, 2.05) is 43.3 Å². The van der Waals surface area contributed by atoms with Crippen LogP contribution in [0.1, 0.15) is 29.7 Å². The van der Waals surface area contributed by atoms with Crippen molar-refractivity contribution in [2.24, 2.45) is 0 Å². The summed E-state index contributed by atoms with van der Waals surface area (Å²) in [6.07, 6.45) is 0.723. The van der Waals surface area contributed by atoms with Crippen LogP contribution in [-0.4, -0.2) is 19.1 Å². The van der Waals surface area contributed by atoms with Crippen molar-refractivity contribution in [3.05, 3.63) is 65.2 Å². The zero-order chi connectivity index (χ0) is 16.2. The van der Waals surface area contributed by atoms with E-state index in [1.54, 1.807) is 7.11 Å². The number of benzene rings is 2. The fourth-order valence-electron chi connectivity index (χ4n) is 3.06. The lowest BCUT2D eigenvalue weighted by Gasteiger charge is -2.27. The molecule has 2 aromatic carbocycles. The fraction of sp³-hybridized carbons (Fsp3) is 0.316. The molecule has 1 heterocycles. The van der Waals surface area contributed by atoms with E-state index in [-0.39, 0.29) is 18.0 Å². The molecule has 0 radical (unpaired) electrons. The SMILES string of the molecule is COc1ccccc1[C@@H](C)NC(=O)C1Cc2ccccc2CN1. The Morgan fingerprint density at radius 1 is 1.17 bits per heavy atom. The number of hydrogen-bond acceptors (Lipinski definition) is 3. The van der Waals surface area contributed by atoms with Gasteiger partial charge < -0.3 is 15.4 Å². The second-order valence-electron chi connectivity index (χ2n) is 5.88. The van der Waals surface area contributed by atoms with E-state index in [9.17, 15) is 4.79 Å². The van der Waals surface area contributed by atoms with Gasteiger partial charge >= 0.3 is 0 Å². The minimum Gasteiger partial charge on any atom is -0.496 e. The largest absolute Gasteiger partial charge is 0.496 e. The molecule has 1 aliphatic heterocycles. The van der Waals surface area contributed by atoms with Gasteiger partial charge in [0.2, 0.25) is 5.91 Å². The quantitative estimate of drug-likeness (QED) is 0.912. The molecule has 1 amide bonds. The first-order valence-corrected chi connectivity index (χ1v) is 7.92. The van der Waals surface area contributed by atoms with Gasteiger partial charge in [0.15, 0.2) is 0 Å². The molecule has 0 spiro atoms. The van der Waals surface area contributed by atoms with Gasteiger partial charge in [0, 0.05) is 12.1 Å². The molecular formula is C19H22N2O2. The third-order valence-corrected chi connectivity index (χ3v) is 4.36. The predicted octanol–water partition coefficient (Wildman–Crippen LogP) is 2.59. The number of carbonyl (C=O) groups is 1. The molecule has 1 unspecified atom stereocenters. The summed E-state index contributed by atoms with van der Waals surface area (Å²) in [7, 11) is 1.65. The molecule has 2 N–H and O–H groups in total. The van der Waals surface area contributed by atoms with E-state index in [0.717, 1.165) is 24.3 Å². The molecule has 1 aliphatic rings. The van der Waals surface area contributed by atoms with Gasteiger partial charge in [-0.1, -0.05) is 42.5 Å².